The van der Waals surface area contributed by atoms with Gasteiger partial charge >= 0.3 is 5.97 Å². The van der Waals surface area contributed by atoms with Crippen molar-refractivity contribution in [2.24, 2.45) is 11.7 Å². The molecule has 0 amide bonds. The number of carboxylic acid groups (broad SMARTS) is 1. The highest BCUT2D eigenvalue weighted by Crippen LogP contribution is 1.95. The first-order chi connectivity index (χ1) is 4.63. The fourth-order valence-corrected chi connectivity index (χ4v) is 0.481. The van der Waals surface area contributed by atoms with Crippen LogP contribution in [0.25, 0.3) is 0 Å². The van der Waals surface area contributed by atoms with Crippen LogP contribution in [0.5, 0.6) is 0 Å². The van der Waals surface area contributed by atoms with Crippen molar-refractivity contribution >= 4 is 11.8 Å². The van der Waals surface area contributed by atoms with Gasteiger partial charge in [-0.1, -0.05) is 6.58 Å². The predicted molar refractivity (Wildman–Crippen MR) is 35.4 cm³/mol. The van der Waals surface area contributed by atoms with Crippen LogP contribution in [0.15, 0.2) is 12.7 Å². The number of hydrogen-bond acceptors (Lipinski definition) is 3. The quantitative estimate of drug-likeness (QED) is 0.407. The third-order valence-corrected chi connectivity index (χ3v) is 1.08. The molecule has 0 aliphatic carbocycles. The van der Waals surface area contributed by atoms with Gasteiger partial charge in [-0.25, -0.2) is 0 Å². The third kappa shape index (κ3) is 1.99. The van der Waals surface area contributed by atoms with E-state index in [-0.39, 0.29) is 6.54 Å². The van der Waals surface area contributed by atoms with E-state index in [1.165, 1.54) is 0 Å². The largest absolute Gasteiger partial charge is 0.481 e. The lowest BCUT2D eigenvalue weighted by atomic mass is 10.1. The van der Waals surface area contributed by atoms with Gasteiger partial charge in [-0.2, -0.15) is 0 Å². The highest BCUT2D eigenvalue weighted by Gasteiger charge is 2.21. The number of carbonyl (C=O) groups is 2. The van der Waals surface area contributed by atoms with Crippen molar-refractivity contribution in [1.82, 2.24) is 0 Å². The maximum atomic E-state index is 10.6. The molecule has 0 saturated heterocycles. The normalized spacial score (nSPS) is 12.1. The Kier molecular flexibility index (Phi) is 3.35. The lowest BCUT2D eigenvalue weighted by molar-refractivity contribution is -0.144. The average Bonchev–Trinajstić information content (AvgIpc) is 1.88. The first-order valence-electron chi connectivity index (χ1n) is 2.72. The zero-order valence-electron chi connectivity index (χ0n) is 5.41. The topological polar surface area (TPSA) is 80.4 Å². The molecule has 0 aromatic carbocycles. The van der Waals surface area contributed by atoms with Gasteiger partial charge in [-0.05, 0) is 6.08 Å². The van der Waals surface area contributed by atoms with Crippen LogP contribution in [0, 0.1) is 5.92 Å². The Hall–Kier alpha value is -1.16. The molecular weight excluding hydrogens is 134 g/mol. The van der Waals surface area contributed by atoms with Crippen LogP contribution >= 0.6 is 0 Å². The van der Waals surface area contributed by atoms with E-state index in [1.807, 2.05) is 0 Å². The van der Waals surface area contributed by atoms with Gasteiger partial charge in [0.2, 0.25) is 0 Å². The molecule has 3 N–H and O–H groups in total. The Morgan fingerprint density at radius 2 is 2.20 bits per heavy atom. The molecule has 56 valence electrons. The standard InChI is InChI=1S/C6H9NO3/c1-2-5(8)4(3-7)6(9)10/h2,4H,1,3,7H2,(H,9,10). The van der Waals surface area contributed by atoms with Gasteiger partial charge < -0.3 is 10.8 Å². The summed E-state index contributed by atoms with van der Waals surface area (Å²) in [6.07, 6.45) is 0.964. The minimum Gasteiger partial charge on any atom is -0.481 e. The Bertz CT molecular complexity index is 164. The van der Waals surface area contributed by atoms with E-state index in [0.29, 0.717) is 0 Å². The van der Waals surface area contributed by atoms with Crippen LogP contribution in [0.2, 0.25) is 0 Å². The van der Waals surface area contributed by atoms with Gasteiger partial charge in [0.1, 0.15) is 5.92 Å². The molecule has 4 nitrogen and oxygen atoms in total. The monoisotopic (exact) mass is 143 g/mol. The number of aliphatic carboxylic acids is 1. The molecule has 10 heavy (non-hydrogen) atoms. The summed E-state index contributed by atoms with van der Waals surface area (Å²) in [5, 5.41) is 8.33. The summed E-state index contributed by atoms with van der Waals surface area (Å²) in [6, 6.07) is 0. The maximum absolute atomic E-state index is 10.6. The van der Waals surface area contributed by atoms with Crippen molar-refractivity contribution in [3.63, 3.8) is 0 Å². The second kappa shape index (κ2) is 3.79. The van der Waals surface area contributed by atoms with Crippen LogP contribution in [-0.4, -0.2) is 23.4 Å². The van der Waals surface area contributed by atoms with Crippen LogP contribution in [0.1, 0.15) is 0 Å². The number of hydrogen-bond donors (Lipinski definition) is 2. The van der Waals surface area contributed by atoms with Crippen LogP contribution in [0.4, 0.5) is 0 Å². The molecule has 0 aromatic heterocycles. The lowest BCUT2D eigenvalue weighted by Crippen LogP contribution is -2.29. The molecule has 0 heterocycles. The second-order valence-electron chi connectivity index (χ2n) is 1.73. The van der Waals surface area contributed by atoms with Gasteiger partial charge in [-0.15, -0.1) is 0 Å². The van der Waals surface area contributed by atoms with Crippen molar-refractivity contribution in [2.75, 3.05) is 6.54 Å². The number of carboxylic acids is 1. The first-order valence-corrected chi connectivity index (χ1v) is 2.72. The van der Waals surface area contributed by atoms with E-state index in [9.17, 15) is 9.59 Å². The highest BCUT2D eigenvalue weighted by atomic mass is 16.4. The van der Waals surface area contributed by atoms with Crippen molar-refractivity contribution in [2.45, 2.75) is 0 Å². The Balaban J connectivity index is 4.20. The van der Waals surface area contributed by atoms with Crippen molar-refractivity contribution in [3.8, 4) is 0 Å². The Labute approximate surface area is 58.3 Å². The molecule has 0 fully saturated rings. The Morgan fingerprint density at radius 1 is 1.70 bits per heavy atom. The van der Waals surface area contributed by atoms with Gasteiger partial charge in [0, 0.05) is 6.54 Å². The van der Waals surface area contributed by atoms with E-state index >= 15 is 0 Å². The third-order valence-electron chi connectivity index (χ3n) is 1.08. The minimum atomic E-state index is -1.20. The van der Waals surface area contributed by atoms with Gasteiger partial charge in [0.25, 0.3) is 0 Å². The van der Waals surface area contributed by atoms with E-state index in [4.69, 9.17) is 10.8 Å². The number of allylic oxidation sites excluding steroid dienone is 1. The molecule has 0 aliphatic rings. The van der Waals surface area contributed by atoms with Crippen molar-refractivity contribution in [3.05, 3.63) is 12.7 Å². The number of ketones is 1. The van der Waals surface area contributed by atoms with Crippen LogP contribution < -0.4 is 5.73 Å². The predicted octanol–water partition coefficient (Wildman–Crippen LogP) is -0.599. The number of rotatable bonds is 4. The molecule has 1 atom stereocenters. The van der Waals surface area contributed by atoms with E-state index in [2.05, 4.69) is 6.58 Å². The number of nitrogens with two attached hydrogens (primary N) is 1. The van der Waals surface area contributed by atoms with Crippen molar-refractivity contribution in [1.29, 1.82) is 0 Å². The molecule has 1 unspecified atom stereocenters. The maximum Gasteiger partial charge on any atom is 0.315 e. The van der Waals surface area contributed by atoms with E-state index < -0.39 is 17.7 Å². The average molecular weight is 143 g/mol. The zero-order valence-corrected chi connectivity index (χ0v) is 5.41. The van der Waals surface area contributed by atoms with Crippen molar-refractivity contribution < 1.29 is 14.7 Å². The van der Waals surface area contributed by atoms with Gasteiger partial charge in [-0.3, -0.25) is 9.59 Å². The molecule has 0 rings (SSSR count). The fraction of sp³-hybridized carbons (Fsp3) is 0.333. The summed E-state index contributed by atoms with van der Waals surface area (Å²) in [7, 11) is 0. The molecule has 0 radical (unpaired) electrons. The summed E-state index contributed by atoms with van der Waals surface area (Å²) in [5.41, 5.74) is 5.00. The summed E-state index contributed by atoms with van der Waals surface area (Å²) in [6.45, 7) is 2.96. The SMILES string of the molecule is C=CC(=O)C(CN)C(=O)O. The highest BCUT2D eigenvalue weighted by molar-refractivity contribution is 6.04. The molecule has 4 heteroatoms. The zero-order chi connectivity index (χ0) is 8.15. The molecule has 0 aliphatic heterocycles. The van der Waals surface area contributed by atoms with Gasteiger partial charge in [0.15, 0.2) is 5.78 Å². The van der Waals surface area contributed by atoms with Crippen LogP contribution in [0.3, 0.4) is 0 Å². The Morgan fingerprint density at radius 3 is 2.30 bits per heavy atom. The van der Waals surface area contributed by atoms with E-state index in [0.717, 1.165) is 6.08 Å². The molecule has 0 aromatic rings. The summed E-state index contributed by atoms with van der Waals surface area (Å²) >= 11 is 0. The summed E-state index contributed by atoms with van der Waals surface area (Å²) < 4.78 is 0. The molecule has 0 bridgehead atoms. The second-order valence-corrected chi connectivity index (χ2v) is 1.73. The van der Waals surface area contributed by atoms with Gasteiger partial charge in [0.05, 0.1) is 0 Å². The molecule has 0 saturated carbocycles. The minimum absolute atomic E-state index is 0.180. The summed E-state index contributed by atoms with van der Waals surface area (Å²) in [4.78, 5) is 20.8. The molecular formula is C6H9NO3. The lowest BCUT2D eigenvalue weighted by Gasteiger charge is -2.02. The fourth-order valence-electron chi connectivity index (χ4n) is 0.481. The van der Waals surface area contributed by atoms with E-state index in [1.54, 1.807) is 0 Å². The smallest absolute Gasteiger partial charge is 0.315 e. The summed E-state index contributed by atoms with van der Waals surface area (Å²) in [5.74, 6) is -2.88. The first kappa shape index (κ1) is 8.84. The number of carbonyl (C=O) groups excluding carboxylic acids is 1. The molecule has 0 spiro atoms. The van der Waals surface area contributed by atoms with Crippen LogP contribution in [-0.2, 0) is 9.59 Å².